The Morgan fingerprint density at radius 2 is 2.17 bits per heavy atom. The highest BCUT2D eigenvalue weighted by molar-refractivity contribution is 5.84. The molecule has 0 aromatic rings. The normalized spacial score (nSPS) is 39.9. The zero-order valence-corrected chi connectivity index (χ0v) is 8.05. The predicted octanol–water partition coefficient (Wildman–Crippen LogP) is 2.65. The zero-order valence-electron chi connectivity index (χ0n) is 8.05. The first-order valence-corrected chi connectivity index (χ1v) is 5.21. The SMILES string of the molecule is CC(C)CC1C(=O)CC2CCC21. The second-order valence-corrected chi connectivity index (χ2v) is 4.91. The van der Waals surface area contributed by atoms with Crippen LogP contribution in [0.25, 0.3) is 0 Å². The van der Waals surface area contributed by atoms with Gasteiger partial charge < -0.3 is 0 Å². The summed E-state index contributed by atoms with van der Waals surface area (Å²) in [6.45, 7) is 4.44. The maximum Gasteiger partial charge on any atom is 0.136 e. The Morgan fingerprint density at radius 3 is 2.58 bits per heavy atom. The van der Waals surface area contributed by atoms with Crippen LogP contribution in [-0.2, 0) is 4.79 Å². The third kappa shape index (κ3) is 1.19. The van der Waals surface area contributed by atoms with Gasteiger partial charge in [0.05, 0.1) is 0 Å². The Morgan fingerprint density at radius 1 is 1.42 bits per heavy atom. The molecule has 1 heteroatoms. The minimum absolute atomic E-state index is 0.448. The lowest BCUT2D eigenvalue weighted by molar-refractivity contribution is -0.121. The van der Waals surface area contributed by atoms with E-state index in [1.165, 1.54) is 12.8 Å². The van der Waals surface area contributed by atoms with Crippen molar-refractivity contribution >= 4 is 5.78 Å². The summed E-state index contributed by atoms with van der Waals surface area (Å²) in [7, 11) is 0. The molecular weight excluding hydrogens is 148 g/mol. The van der Waals surface area contributed by atoms with Crippen LogP contribution in [-0.4, -0.2) is 5.78 Å². The minimum atomic E-state index is 0.448. The van der Waals surface area contributed by atoms with Gasteiger partial charge in [0.2, 0.25) is 0 Å². The molecule has 0 saturated heterocycles. The summed E-state index contributed by atoms with van der Waals surface area (Å²) in [6.07, 6.45) is 4.70. The summed E-state index contributed by atoms with van der Waals surface area (Å²) in [4.78, 5) is 11.6. The van der Waals surface area contributed by atoms with Gasteiger partial charge in [-0.2, -0.15) is 0 Å². The standard InChI is InChI=1S/C11H18O/c1-7(2)5-10-9-4-3-8(9)6-11(10)12/h7-10H,3-6H2,1-2H3. The lowest BCUT2D eigenvalue weighted by atomic mass is 9.71. The molecule has 0 aromatic carbocycles. The molecule has 1 nitrogen and oxygen atoms in total. The van der Waals surface area contributed by atoms with Crippen LogP contribution in [0.1, 0.15) is 39.5 Å². The van der Waals surface area contributed by atoms with Crippen molar-refractivity contribution < 1.29 is 4.79 Å². The molecule has 0 bridgehead atoms. The average Bonchev–Trinajstić information content (AvgIpc) is 2.11. The van der Waals surface area contributed by atoms with Gasteiger partial charge in [-0.3, -0.25) is 4.79 Å². The molecule has 3 atom stereocenters. The van der Waals surface area contributed by atoms with Crippen molar-refractivity contribution in [2.24, 2.45) is 23.7 Å². The van der Waals surface area contributed by atoms with Crippen LogP contribution in [0.15, 0.2) is 0 Å². The Kier molecular flexibility index (Phi) is 1.97. The molecule has 0 amide bonds. The minimum Gasteiger partial charge on any atom is -0.299 e. The number of hydrogen-bond acceptors (Lipinski definition) is 1. The first-order valence-electron chi connectivity index (χ1n) is 5.21. The van der Waals surface area contributed by atoms with Crippen LogP contribution in [0.5, 0.6) is 0 Å². The number of ketones is 1. The van der Waals surface area contributed by atoms with Crippen molar-refractivity contribution in [3.05, 3.63) is 0 Å². The van der Waals surface area contributed by atoms with E-state index in [1.54, 1.807) is 0 Å². The third-order valence-corrected chi connectivity index (χ3v) is 3.60. The predicted molar refractivity (Wildman–Crippen MR) is 48.8 cm³/mol. The Bertz CT molecular complexity index is 195. The van der Waals surface area contributed by atoms with Crippen LogP contribution >= 0.6 is 0 Å². The molecule has 0 N–H and O–H groups in total. The number of carbonyl (C=O) groups excluding carboxylic acids is 1. The van der Waals surface area contributed by atoms with Gasteiger partial charge >= 0.3 is 0 Å². The molecule has 12 heavy (non-hydrogen) atoms. The van der Waals surface area contributed by atoms with Gasteiger partial charge in [0.15, 0.2) is 0 Å². The van der Waals surface area contributed by atoms with Crippen molar-refractivity contribution in [2.75, 3.05) is 0 Å². The van der Waals surface area contributed by atoms with E-state index in [1.807, 2.05) is 0 Å². The van der Waals surface area contributed by atoms with Gasteiger partial charge in [0.1, 0.15) is 5.78 Å². The number of Topliss-reactive ketones (excluding diaryl/α,β-unsaturated/α-hetero) is 1. The van der Waals surface area contributed by atoms with Gasteiger partial charge in [0, 0.05) is 12.3 Å². The van der Waals surface area contributed by atoms with Crippen LogP contribution in [0.3, 0.4) is 0 Å². The van der Waals surface area contributed by atoms with Gasteiger partial charge in [0.25, 0.3) is 0 Å². The quantitative estimate of drug-likeness (QED) is 0.616. The Hall–Kier alpha value is -0.330. The summed E-state index contributed by atoms with van der Waals surface area (Å²) in [5.74, 6) is 3.29. The van der Waals surface area contributed by atoms with E-state index < -0.39 is 0 Å². The monoisotopic (exact) mass is 166 g/mol. The lowest BCUT2D eigenvalue weighted by Crippen LogP contribution is -2.26. The molecule has 0 aromatic heterocycles. The van der Waals surface area contributed by atoms with Crippen LogP contribution in [0, 0.1) is 23.7 Å². The molecular formula is C11H18O. The van der Waals surface area contributed by atoms with Crippen molar-refractivity contribution in [2.45, 2.75) is 39.5 Å². The maximum absolute atomic E-state index is 11.6. The van der Waals surface area contributed by atoms with Gasteiger partial charge in [-0.05, 0) is 37.0 Å². The van der Waals surface area contributed by atoms with Crippen molar-refractivity contribution in [3.63, 3.8) is 0 Å². The molecule has 0 aliphatic heterocycles. The van der Waals surface area contributed by atoms with E-state index in [2.05, 4.69) is 13.8 Å². The zero-order chi connectivity index (χ0) is 8.72. The summed E-state index contributed by atoms with van der Waals surface area (Å²) in [5.41, 5.74) is 0. The third-order valence-electron chi connectivity index (χ3n) is 3.60. The molecule has 2 saturated carbocycles. The van der Waals surface area contributed by atoms with Gasteiger partial charge in [-0.15, -0.1) is 0 Å². The molecule has 0 spiro atoms. The van der Waals surface area contributed by atoms with Crippen LogP contribution < -0.4 is 0 Å². The first kappa shape index (κ1) is 8.28. The van der Waals surface area contributed by atoms with E-state index in [0.29, 0.717) is 17.6 Å². The second-order valence-electron chi connectivity index (χ2n) is 4.91. The molecule has 3 unspecified atom stereocenters. The van der Waals surface area contributed by atoms with Crippen molar-refractivity contribution in [1.82, 2.24) is 0 Å². The summed E-state index contributed by atoms with van der Waals surface area (Å²) in [5, 5.41) is 0. The van der Waals surface area contributed by atoms with E-state index in [9.17, 15) is 4.79 Å². The smallest absolute Gasteiger partial charge is 0.136 e. The molecule has 0 radical (unpaired) electrons. The second kappa shape index (κ2) is 2.86. The molecule has 0 heterocycles. The lowest BCUT2D eigenvalue weighted by Gasteiger charge is -2.33. The molecule has 2 fully saturated rings. The highest BCUT2D eigenvalue weighted by Gasteiger charge is 2.46. The molecule has 2 rings (SSSR count). The fourth-order valence-electron chi connectivity index (χ4n) is 2.84. The molecule has 2 aliphatic carbocycles. The highest BCUT2D eigenvalue weighted by atomic mass is 16.1. The topological polar surface area (TPSA) is 17.1 Å². The largest absolute Gasteiger partial charge is 0.299 e. The summed E-state index contributed by atoms with van der Waals surface area (Å²) >= 11 is 0. The molecule has 2 aliphatic rings. The van der Waals surface area contributed by atoms with Gasteiger partial charge in [-0.1, -0.05) is 13.8 Å². The molecule has 68 valence electrons. The van der Waals surface area contributed by atoms with E-state index in [4.69, 9.17) is 0 Å². The fourth-order valence-corrected chi connectivity index (χ4v) is 2.84. The average molecular weight is 166 g/mol. The van der Waals surface area contributed by atoms with E-state index in [-0.39, 0.29) is 0 Å². The van der Waals surface area contributed by atoms with E-state index >= 15 is 0 Å². The van der Waals surface area contributed by atoms with E-state index in [0.717, 1.165) is 24.7 Å². The first-order chi connectivity index (χ1) is 5.68. The summed E-state index contributed by atoms with van der Waals surface area (Å²) < 4.78 is 0. The Balaban J connectivity index is 1.99. The highest BCUT2D eigenvalue weighted by Crippen LogP contribution is 2.50. The van der Waals surface area contributed by atoms with Gasteiger partial charge in [-0.25, -0.2) is 0 Å². The van der Waals surface area contributed by atoms with Crippen LogP contribution in [0.2, 0.25) is 0 Å². The fraction of sp³-hybridized carbons (Fsp3) is 0.909. The Labute approximate surface area is 74.5 Å². The summed E-state index contributed by atoms with van der Waals surface area (Å²) in [6, 6.07) is 0. The number of hydrogen-bond donors (Lipinski definition) is 0. The van der Waals surface area contributed by atoms with Crippen molar-refractivity contribution in [1.29, 1.82) is 0 Å². The van der Waals surface area contributed by atoms with Crippen molar-refractivity contribution in [3.8, 4) is 0 Å². The number of carbonyl (C=O) groups is 1. The number of rotatable bonds is 2. The maximum atomic E-state index is 11.6. The number of fused-ring (bicyclic) bond motifs is 1. The van der Waals surface area contributed by atoms with Crippen LogP contribution in [0.4, 0.5) is 0 Å².